The molecule has 4 aliphatic rings. The molecule has 1 spiro atoms. The standard InChI is InChI=1S/C29H43BrN2O5S/c1-5-7-11-15-37-28(36)22-23-26(34)32(21(17-33)18(3)4)25(29(23)16-20(30)24(22)38-29)27(35)31(14-6-2)19-12-9-8-10-13-19/h5-6,18-25,33H,1-2,7-17H2,3-4H3/t20?,21-,22-,23-,24-,25?,29?/m0/s1. The predicted octanol–water partition coefficient (Wildman–Crippen LogP) is 4.32. The average molecular weight is 612 g/mol. The summed E-state index contributed by atoms with van der Waals surface area (Å²) in [5.74, 6) is -1.94. The van der Waals surface area contributed by atoms with Gasteiger partial charge in [0.2, 0.25) is 11.8 Å². The summed E-state index contributed by atoms with van der Waals surface area (Å²) in [6.07, 6.45) is 10.8. The van der Waals surface area contributed by atoms with Crippen molar-refractivity contribution in [1.29, 1.82) is 0 Å². The molecule has 2 bridgehead atoms. The Bertz CT molecular complexity index is 925. The van der Waals surface area contributed by atoms with E-state index in [1.54, 1.807) is 28.8 Å². The van der Waals surface area contributed by atoms with Gasteiger partial charge in [-0.05, 0) is 38.0 Å². The normalized spacial score (nSPS) is 33.3. The monoisotopic (exact) mass is 610 g/mol. The van der Waals surface area contributed by atoms with Gasteiger partial charge in [-0.3, -0.25) is 14.4 Å². The van der Waals surface area contributed by atoms with Gasteiger partial charge >= 0.3 is 5.97 Å². The summed E-state index contributed by atoms with van der Waals surface area (Å²) in [4.78, 5) is 46.0. The number of thioether (sulfide) groups is 1. The summed E-state index contributed by atoms with van der Waals surface area (Å²) < 4.78 is 4.94. The number of carbonyl (C=O) groups excluding carboxylic acids is 3. The van der Waals surface area contributed by atoms with Crippen molar-refractivity contribution < 1.29 is 24.2 Å². The second-order valence-electron chi connectivity index (χ2n) is 11.6. The van der Waals surface area contributed by atoms with E-state index in [-0.39, 0.29) is 53.0 Å². The van der Waals surface area contributed by atoms with Gasteiger partial charge in [-0.2, -0.15) is 0 Å². The molecule has 212 valence electrons. The van der Waals surface area contributed by atoms with Crippen LogP contribution >= 0.6 is 27.7 Å². The summed E-state index contributed by atoms with van der Waals surface area (Å²) in [6, 6.07) is -1.14. The van der Waals surface area contributed by atoms with Crippen LogP contribution in [0.25, 0.3) is 0 Å². The highest BCUT2D eigenvalue weighted by Gasteiger charge is 2.77. The Morgan fingerprint density at radius 2 is 1.97 bits per heavy atom. The molecule has 0 radical (unpaired) electrons. The van der Waals surface area contributed by atoms with Crippen LogP contribution in [0.3, 0.4) is 0 Å². The molecule has 3 unspecified atom stereocenters. The van der Waals surface area contributed by atoms with Crippen LogP contribution in [0.5, 0.6) is 0 Å². The van der Waals surface area contributed by atoms with E-state index in [1.807, 2.05) is 18.7 Å². The largest absolute Gasteiger partial charge is 0.465 e. The van der Waals surface area contributed by atoms with Crippen molar-refractivity contribution in [1.82, 2.24) is 9.80 Å². The van der Waals surface area contributed by atoms with Gasteiger partial charge in [0.15, 0.2) is 0 Å². The number of halogens is 1. The van der Waals surface area contributed by atoms with E-state index in [0.717, 1.165) is 32.1 Å². The average Bonchev–Trinajstić information content (AvgIpc) is 3.49. The highest BCUT2D eigenvalue weighted by molar-refractivity contribution is 9.09. The number of aliphatic hydroxyl groups is 1. The fourth-order valence-electron chi connectivity index (χ4n) is 7.20. The van der Waals surface area contributed by atoms with Gasteiger partial charge in [0.05, 0.1) is 35.8 Å². The SMILES string of the molecule is C=CCCCOC(=O)[C@H]1[C@H]2C(=O)N([C@@H](CO)C(C)C)C(C(=O)N(CC=C)C3CCCCC3)C23CC(Br)[C@@H]1S3. The highest BCUT2D eigenvalue weighted by atomic mass is 79.9. The molecule has 4 fully saturated rings. The van der Waals surface area contributed by atoms with Crippen LogP contribution < -0.4 is 0 Å². The molecule has 7 nitrogen and oxygen atoms in total. The molecule has 9 heteroatoms. The van der Waals surface area contributed by atoms with E-state index in [9.17, 15) is 19.5 Å². The topological polar surface area (TPSA) is 87.1 Å². The lowest BCUT2D eigenvalue weighted by Gasteiger charge is -2.43. The molecule has 1 aliphatic carbocycles. The Hall–Kier alpha value is -1.32. The van der Waals surface area contributed by atoms with Crippen molar-refractivity contribution in [3.8, 4) is 0 Å². The number of carbonyl (C=O) groups is 3. The van der Waals surface area contributed by atoms with Crippen molar-refractivity contribution in [2.45, 2.75) is 98.2 Å². The number of allylic oxidation sites excluding steroid dienone is 1. The predicted molar refractivity (Wildman–Crippen MR) is 154 cm³/mol. The van der Waals surface area contributed by atoms with Crippen molar-refractivity contribution in [2.24, 2.45) is 17.8 Å². The van der Waals surface area contributed by atoms with E-state index in [2.05, 4.69) is 29.1 Å². The summed E-state index contributed by atoms with van der Waals surface area (Å²) in [7, 11) is 0. The zero-order valence-corrected chi connectivity index (χ0v) is 25.1. The number of esters is 1. The summed E-state index contributed by atoms with van der Waals surface area (Å²) in [6.45, 7) is 12.1. The lowest BCUT2D eigenvalue weighted by molar-refractivity contribution is -0.154. The van der Waals surface area contributed by atoms with E-state index in [4.69, 9.17) is 4.74 Å². The number of hydrogen-bond donors (Lipinski definition) is 1. The van der Waals surface area contributed by atoms with Crippen LogP contribution in [0.2, 0.25) is 0 Å². The van der Waals surface area contributed by atoms with Crippen LogP contribution in [-0.4, -0.2) is 85.4 Å². The third kappa shape index (κ3) is 5.12. The van der Waals surface area contributed by atoms with Gasteiger partial charge in [0.25, 0.3) is 0 Å². The van der Waals surface area contributed by atoms with Gasteiger partial charge in [-0.25, -0.2) is 0 Å². The molecule has 38 heavy (non-hydrogen) atoms. The van der Waals surface area contributed by atoms with Crippen LogP contribution in [0.15, 0.2) is 25.3 Å². The van der Waals surface area contributed by atoms with E-state index in [0.29, 0.717) is 19.4 Å². The number of likely N-dealkylation sites (tertiary alicyclic amines) is 1. The molecular weight excluding hydrogens is 568 g/mol. The molecular formula is C29H43BrN2O5S. The van der Waals surface area contributed by atoms with Gasteiger partial charge in [-0.15, -0.1) is 24.9 Å². The third-order valence-corrected chi connectivity index (χ3v) is 12.2. The third-order valence-electron chi connectivity index (χ3n) is 8.97. The first-order valence-electron chi connectivity index (χ1n) is 14.2. The maximum atomic E-state index is 14.6. The van der Waals surface area contributed by atoms with E-state index in [1.165, 1.54) is 6.42 Å². The minimum Gasteiger partial charge on any atom is -0.465 e. The van der Waals surface area contributed by atoms with Crippen LogP contribution in [0.1, 0.15) is 65.2 Å². The quantitative estimate of drug-likeness (QED) is 0.153. The number of rotatable bonds is 12. The second kappa shape index (κ2) is 12.5. The van der Waals surface area contributed by atoms with Crippen LogP contribution in [0.4, 0.5) is 0 Å². The zero-order chi connectivity index (χ0) is 27.6. The Labute approximate surface area is 239 Å². The lowest BCUT2D eigenvalue weighted by Crippen LogP contribution is -2.60. The van der Waals surface area contributed by atoms with Crippen molar-refractivity contribution >= 4 is 45.5 Å². The Balaban J connectivity index is 1.74. The van der Waals surface area contributed by atoms with Crippen molar-refractivity contribution in [3.63, 3.8) is 0 Å². The van der Waals surface area contributed by atoms with E-state index < -0.39 is 28.7 Å². The first-order valence-corrected chi connectivity index (χ1v) is 16.0. The number of nitrogens with zero attached hydrogens (tertiary/aromatic N) is 2. The van der Waals surface area contributed by atoms with Gasteiger partial charge < -0.3 is 19.6 Å². The Morgan fingerprint density at radius 1 is 1.26 bits per heavy atom. The van der Waals surface area contributed by atoms with Gasteiger partial charge in [0.1, 0.15) is 6.04 Å². The number of aliphatic hydroxyl groups excluding tert-OH is 1. The summed E-state index contributed by atoms with van der Waals surface area (Å²) in [5, 5.41) is 10.3. The molecule has 1 saturated carbocycles. The molecule has 0 aromatic rings. The van der Waals surface area contributed by atoms with E-state index >= 15 is 0 Å². The van der Waals surface area contributed by atoms with Gasteiger partial charge in [-0.1, -0.05) is 61.2 Å². The first kappa shape index (κ1) is 29.7. The molecule has 3 saturated heterocycles. The molecule has 3 heterocycles. The summed E-state index contributed by atoms with van der Waals surface area (Å²) in [5.41, 5.74) is 0. The van der Waals surface area contributed by atoms with Gasteiger partial charge in [0, 0.05) is 22.7 Å². The summed E-state index contributed by atoms with van der Waals surface area (Å²) >= 11 is 5.43. The van der Waals surface area contributed by atoms with Crippen molar-refractivity contribution in [2.75, 3.05) is 19.8 Å². The zero-order valence-electron chi connectivity index (χ0n) is 22.7. The Kier molecular flexibility index (Phi) is 9.73. The number of amides is 2. The number of alkyl halides is 1. The maximum absolute atomic E-state index is 14.6. The number of ether oxygens (including phenoxy) is 1. The number of hydrogen-bond acceptors (Lipinski definition) is 6. The second-order valence-corrected chi connectivity index (χ2v) is 14.3. The molecule has 0 aromatic heterocycles. The maximum Gasteiger partial charge on any atom is 0.310 e. The smallest absolute Gasteiger partial charge is 0.310 e. The molecule has 1 N–H and O–H groups in total. The number of unbranched alkanes of at least 4 members (excludes halogenated alkanes) is 1. The molecule has 7 atom stereocenters. The minimum absolute atomic E-state index is 0.00770. The lowest BCUT2D eigenvalue weighted by atomic mass is 9.71. The first-order chi connectivity index (χ1) is 18.2. The minimum atomic E-state index is -0.742. The highest BCUT2D eigenvalue weighted by Crippen LogP contribution is 2.68. The van der Waals surface area contributed by atoms with Crippen LogP contribution in [-0.2, 0) is 19.1 Å². The number of fused-ring (bicyclic) bond motifs is 1. The molecule has 0 aromatic carbocycles. The van der Waals surface area contributed by atoms with Crippen LogP contribution in [0, 0.1) is 17.8 Å². The Morgan fingerprint density at radius 3 is 2.58 bits per heavy atom. The fourth-order valence-corrected chi connectivity index (χ4v) is 10.8. The van der Waals surface area contributed by atoms with Crippen molar-refractivity contribution in [3.05, 3.63) is 25.3 Å². The fraction of sp³-hybridized carbons (Fsp3) is 0.759. The molecule has 3 aliphatic heterocycles. The molecule has 2 amide bonds. The molecule has 4 rings (SSSR count).